The van der Waals surface area contributed by atoms with Gasteiger partial charge in [0.25, 0.3) is 0 Å². The lowest BCUT2D eigenvalue weighted by atomic mass is 10.3. The van der Waals surface area contributed by atoms with Crippen LogP contribution >= 0.6 is 0 Å². The summed E-state index contributed by atoms with van der Waals surface area (Å²) in [7, 11) is 0. The molecule has 60 valence electrons. The molecule has 4 heteroatoms. The van der Waals surface area contributed by atoms with Gasteiger partial charge in [0.15, 0.2) is 0 Å². The number of ether oxygens (including phenoxy) is 1. The van der Waals surface area contributed by atoms with Crippen LogP contribution in [0.4, 0.5) is 4.79 Å². The standard InChI is InChI=1S/C6H12O4/c1-2-3-4-5-9-6(7)10-8/h8H,2-5H2,1H3. The van der Waals surface area contributed by atoms with E-state index in [4.69, 9.17) is 5.26 Å². The summed E-state index contributed by atoms with van der Waals surface area (Å²) in [5.74, 6) is 0. The molecule has 0 aliphatic rings. The fourth-order valence-corrected chi connectivity index (χ4v) is 0.534. The smallest absolute Gasteiger partial charge is 0.432 e. The highest BCUT2D eigenvalue weighted by Gasteiger charge is 1.99. The van der Waals surface area contributed by atoms with E-state index >= 15 is 0 Å². The molecule has 0 atom stereocenters. The van der Waals surface area contributed by atoms with Gasteiger partial charge in [0.1, 0.15) is 0 Å². The first kappa shape index (κ1) is 9.23. The topological polar surface area (TPSA) is 55.8 Å². The third-order valence-corrected chi connectivity index (χ3v) is 1.04. The Bertz CT molecular complexity index is 91.7. The van der Waals surface area contributed by atoms with E-state index in [1.807, 2.05) is 6.92 Å². The van der Waals surface area contributed by atoms with E-state index in [2.05, 4.69) is 9.62 Å². The highest BCUT2D eigenvalue weighted by Crippen LogP contribution is 1.94. The van der Waals surface area contributed by atoms with Gasteiger partial charge in [-0.25, -0.2) is 4.79 Å². The van der Waals surface area contributed by atoms with E-state index in [1.54, 1.807) is 0 Å². The number of unbranched alkanes of at least 4 members (excludes halogenated alkanes) is 2. The maximum atomic E-state index is 10.1. The van der Waals surface area contributed by atoms with Crippen LogP contribution in [0.1, 0.15) is 26.2 Å². The van der Waals surface area contributed by atoms with Gasteiger partial charge in [-0.1, -0.05) is 19.8 Å². The third-order valence-electron chi connectivity index (χ3n) is 1.04. The fraction of sp³-hybridized carbons (Fsp3) is 0.833. The SMILES string of the molecule is CCCCCOC(=O)OO. The molecule has 0 aromatic heterocycles. The van der Waals surface area contributed by atoms with Crippen molar-refractivity contribution in [3.05, 3.63) is 0 Å². The van der Waals surface area contributed by atoms with Gasteiger partial charge in [-0.15, -0.1) is 0 Å². The lowest BCUT2D eigenvalue weighted by molar-refractivity contribution is -0.200. The van der Waals surface area contributed by atoms with Gasteiger partial charge < -0.3 is 4.74 Å². The van der Waals surface area contributed by atoms with E-state index in [0.29, 0.717) is 6.61 Å². The molecule has 0 heterocycles. The summed E-state index contributed by atoms with van der Waals surface area (Å²) in [5, 5.41) is 7.72. The molecule has 0 aliphatic carbocycles. The maximum absolute atomic E-state index is 10.1. The van der Waals surface area contributed by atoms with Crippen molar-refractivity contribution in [1.82, 2.24) is 0 Å². The zero-order chi connectivity index (χ0) is 7.82. The van der Waals surface area contributed by atoms with Crippen LogP contribution in [0.25, 0.3) is 0 Å². The summed E-state index contributed by atoms with van der Waals surface area (Å²) in [6.07, 6.45) is 1.86. The Kier molecular flexibility index (Phi) is 5.86. The van der Waals surface area contributed by atoms with Gasteiger partial charge in [0.2, 0.25) is 0 Å². The van der Waals surface area contributed by atoms with Gasteiger partial charge in [-0.05, 0) is 6.42 Å². The van der Waals surface area contributed by atoms with E-state index in [-0.39, 0.29) is 0 Å². The highest BCUT2D eigenvalue weighted by atomic mass is 17.1. The Morgan fingerprint density at radius 2 is 2.20 bits per heavy atom. The molecule has 0 saturated heterocycles. The normalized spacial score (nSPS) is 9.00. The van der Waals surface area contributed by atoms with Crippen LogP contribution in [0.2, 0.25) is 0 Å². The van der Waals surface area contributed by atoms with Crippen LogP contribution in [0.5, 0.6) is 0 Å². The predicted octanol–water partition coefficient (Wildman–Crippen LogP) is 1.80. The van der Waals surface area contributed by atoms with E-state index < -0.39 is 6.16 Å². The van der Waals surface area contributed by atoms with E-state index in [1.165, 1.54) is 0 Å². The van der Waals surface area contributed by atoms with Crippen LogP contribution in [-0.4, -0.2) is 18.0 Å². The first-order chi connectivity index (χ1) is 4.81. The number of hydrogen-bond donors (Lipinski definition) is 1. The molecule has 0 aromatic carbocycles. The second kappa shape index (κ2) is 6.35. The van der Waals surface area contributed by atoms with Gasteiger partial charge in [-0.3, -0.25) is 4.89 Å². The Balaban J connectivity index is 2.96. The van der Waals surface area contributed by atoms with Crippen molar-refractivity contribution in [1.29, 1.82) is 0 Å². The molecule has 0 unspecified atom stereocenters. The molecule has 0 bridgehead atoms. The van der Waals surface area contributed by atoms with Crippen molar-refractivity contribution < 1.29 is 19.7 Å². The summed E-state index contributed by atoms with van der Waals surface area (Å²) in [5.41, 5.74) is 0. The molecule has 0 aliphatic heterocycles. The Morgan fingerprint density at radius 1 is 1.50 bits per heavy atom. The summed E-state index contributed by atoms with van der Waals surface area (Å²) in [6.45, 7) is 2.36. The summed E-state index contributed by atoms with van der Waals surface area (Å²) in [4.78, 5) is 13.3. The van der Waals surface area contributed by atoms with Crippen LogP contribution in [-0.2, 0) is 9.62 Å². The zero-order valence-electron chi connectivity index (χ0n) is 6.00. The molecule has 4 nitrogen and oxygen atoms in total. The van der Waals surface area contributed by atoms with Gasteiger partial charge in [0.05, 0.1) is 6.61 Å². The second-order valence-electron chi connectivity index (χ2n) is 1.90. The molecule has 0 saturated carbocycles. The second-order valence-corrected chi connectivity index (χ2v) is 1.90. The predicted molar refractivity (Wildman–Crippen MR) is 34.6 cm³/mol. The number of carbonyl (C=O) groups is 1. The minimum absolute atomic E-state index is 0.313. The largest absolute Gasteiger partial charge is 0.540 e. The van der Waals surface area contributed by atoms with Crippen LogP contribution < -0.4 is 0 Å². The number of rotatable bonds is 4. The average molecular weight is 148 g/mol. The lowest BCUT2D eigenvalue weighted by Gasteiger charge is -1.98. The molecule has 10 heavy (non-hydrogen) atoms. The first-order valence-corrected chi connectivity index (χ1v) is 3.29. The van der Waals surface area contributed by atoms with E-state index in [9.17, 15) is 4.79 Å². The Morgan fingerprint density at radius 3 is 2.70 bits per heavy atom. The van der Waals surface area contributed by atoms with Gasteiger partial charge >= 0.3 is 6.16 Å². The van der Waals surface area contributed by atoms with Gasteiger partial charge in [0, 0.05) is 0 Å². The molecule has 0 radical (unpaired) electrons. The minimum Gasteiger partial charge on any atom is -0.432 e. The first-order valence-electron chi connectivity index (χ1n) is 3.29. The van der Waals surface area contributed by atoms with Crippen LogP contribution in [0.15, 0.2) is 0 Å². The molecule has 0 spiro atoms. The number of hydrogen-bond acceptors (Lipinski definition) is 4. The Hall–Kier alpha value is -0.770. The lowest BCUT2D eigenvalue weighted by Crippen LogP contribution is -2.05. The van der Waals surface area contributed by atoms with Crippen molar-refractivity contribution in [3.63, 3.8) is 0 Å². The van der Waals surface area contributed by atoms with Crippen molar-refractivity contribution in [2.24, 2.45) is 0 Å². The minimum atomic E-state index is -1.03. The summed E-state index contributed by atoms with van der Waals surface area (Å²) >= 11 is 0. The highest BCUT2D eigenvalue weighted by molar-refractivity contribution is 5.58. The molecule has 0 fully saturated rings. The monoisotopic (exact) mass is 148 g/mol. The maximum Gasteiger partial charge on any atom is 0.540 e. The van der Waals surface area contributed by atoms with Crippen molar-refractivity contribution in [2.45, 2.75) is 26.2 Å². The van der Waals surface area contributed by atoms with Crippen LogP contribution in [0.3, 0.4) is 0 Å². The molecule has 0 amide bonds. The zero-order valence-corrected chi connectivity index (χ0v) is 6.00. The Labute approximate surface area is 59.7 Å². The summed E-state index contributed by atoms with van der Waals surface area (Å²) in [6, 6.07) is 0. The fourth-order valence-electron chi connectivity index (χ4n) is 0.534. The van der Waals surface area contributed by atoms with Crippen molar-refractivity contribution in [3.8, 4) is 0 Å². The number of carbonyl (C=O) groups excluding carboxylic acids is 1. The van der Waals surface area contributed by atoms with Crippen LogP contribution in [0, 0.1) is 0 Å². The van der Waals surface area contributed by atoms with E-state index in [0.717, 1.165) is 19.3 Å². The quantitative estimate of drug-likeness (QED) is 0.286. The van der Waals surface area contributed by atoms with Crippen molar-refractivity contribution >= 4 is 6.16 Å². The average Bonchev–Trinajstić information content (AvgIpc) is 1.98. The van der Waals surface area contributed by atoms with Crippen molar-refractivity contribution in [2.75, 3.05) is 6.61 Å². The van der Waals surface area contributed by atoms with Gasteiger partial charge in [-0.2, -0.15) is 5.26 Å². The third kappa shape index (κ3) is 5.37. The molecular formula is C6H12O4. The molecular weight excluding hydrogens is 136 g/mol. The summed E-state index contributed by atoms with van der Waals surface area (Å²) < 4.78 is 4.38. The molecule has 0 rings (SSSR count). The molecule has 0 aromatic rings. The molecule has 1 N–H and O–H groups in total.